The van der Waals surface area contributed by atoms with E-state index in [2.05, 4.69) is 37.2 Å². The second-order valence-corrected chi connectivity index (χ2v) is 6.77. The van der Waals surface area contributed by atoms with E-state index in [-0.39, 0.29) is 5.91 Å². The smallest absolute Gasteiger partial charge is 0.255 e. The van der Waals surface area contributed by atoms with Crippen LogP contribution in [0.4, 0.5) is 5.69 Å². The zero-order chi connectivity index (χ0) is 16.2. The summed E-state index contributed by atoms with van der Waals surface area (Å²) in [6.07, 6.45) is 0. The Balaban J connectivity index is 2.03. The molecule has 0 aliphatic carbocycles. The molecule has 3 aromatic carbocycles. The van der Waals surface area contributed by atoms with Gasteiger partial charge in [0, 0.05) is 20.1 Å². The van der Waals surface area contributed by atoms with Crippen molar-refractivity contribution in [3.05, 3.63) is 87.3 Å². The van der Waals surface area contributed by atoms with Crippen LogP contribution in [0.5, 0.6) is 0 Å². The molecule has 0 aliphatic heterocycles. The molecule has 0 aliphatic rings. The molecule has 3 rings (SSSR count). The fourth-order valence-electron chi connectivity index (χ4n) is 2.32. The highest BCUT2D eigenvalue weighted by Crippen LogP contribution is 2.37. The van der Waals surface area contributed by atoms with Gasteiger partial charge in [-0.2, -0.15) is 0 Å². The lowest BCUT2D eigenvalue weighted by molar-refractivity contribution is 0.102. The molecule has 114 valence electrons. The Morgan fingerprint density at radius 1 is 0.826 bits per heavy atom. The van der Waals surface area contributed by atoms with Crippen molar-refractivity contribution in [1.82, 2.24) is 0 Å². The molecule has 0 fully saturated rings. The van der Waals surface area contributed by atoms with E-state index in [1.807, 2.05) is 60.7 Å². The number of halogens is 2. The Labute approximate surface area is 151 Å². The molecule has 0 atom stereocenters. The minimum absolute atomic E-state index is 0.134. The molecule has 0 unspecified atom stereocenters. The number of anilines is 1. The predicted molar refractivity (Wildman–Crippen MR) is 102 cm³/mol. The van der Waals surface area contributed by atoms with Crippen LogP contribution in [0.25, 0.3) is 11.1 Å². The highest BCUT2D eigenvalue weighted by atomic mass is 79.9. The van der Waals surface area contributed by atoms with Gasteiger partial charge in [-0.1, -0.05) is 64.5 Å². The van der Waals surface area contributed by atoms with Crippen molar-refractivity contribution in [1.29, 1.82) is 0 Å². The molecular formula is C19H13Br2NO. The first-order chi connectivity index (χ1) is 11.1. The second kappa shape index (κ2) is 7.11. The molecule has 0 saturated heterocycles. The Kier molecular flexibility index (Phi) is 4.94. The van der Waals surface area contributed by atoms with Gasteiger partial charge in [0.1, 0.15) is 0 Å². The second-order valence-electron chi connectivity index (χ2n) is 5.00. The molecule has 0 spiro atoms. The molecule has 3 aromatic rings. The molecular weight excluding hydrogens is 418 g/mol. The third kappa shape index (κ3) is 3.71. The van der Waals surface area contributed by atoms with E-state index >= 15 is 0 Å². The summed E-state index contributed by atoms with van der Waals surface area (Å²) in [7, 11) is 0. The van der Waals surface area contributed by atoms with Crippen LogP contribution in [0.15, 0.2) is 81.7 Å². The minimum atomic E-state index is -0.134. The van der Waals surface area contributed by atoms with Crippen LogP contribution >= 0.6 is 31.9 Å². The summed E-state index contributed by atoms with van der Waals surface area (Å²) in [5, 5.41) is 3.01. The first kappa shape index (κ1) is 16.0. The van der Waals surface area contributed by atoms with E-state index < -0.39 is 0 Å². The fourth-order valence-corrected chi connectivity index (χ4v) is 3.65. The van der Waals surface area contributed by atoms with Crippen molar-refractivity contribution in [2.24, 2.45) is 0 Å². The highest BCUT2D eigenvalue weighted by Gasteiger charge is 2.14. The quantitative estimate of drug-likeness (QED) is 0.531. The monoisotopic (exact) mass is 429 g/mol. The van der Waals surface area contributed by atoms with Crippen molar-refractivity contribution < 1.29 is 4.79 Å². The van der Waals surface area contributed by atoms with Gasteiger partial charge in [0.25, 0.3) is 5.91 Å². The molecule has 0 heterocycles. The number of hydrogen-bond acceptors (Lipinski definition) is 1. The van der Waals surface area contributed by atoms with Crippen LogP contribution < -0.4 is 5.32 Å². The Morgan fingerprint density at radius 3 is 2.09 bits per heavy atom. The summed E-state index contributed by atoms with van der Waals surface area (Å²) in [6, 6.07) is 23.1. The molecule has 4 heteroatoms. The van der Waals surface area contributed by atoms with E-state index in [0.29, 0.717) is 5.56 Å². The van der Waals surface area contributed by atoms with E-state index in [9.17, 15) is 4.79 Å². The van der Waals surface area contributed by atoms with Gasteiger partial charge in [-0.3, -0.25) is 4.79 Å². The molecule has 23 heavy (non-hydrogen) atoms. The van der Waals surface area contributed by atoms with Crippen molar-refractivity contribution in [3.8, 4) is 11.1 Å². The fraction of sp³-hybridized carbons (Fsp3) is 0. The van der Waals surface area contributed by atoms with Gasteiger partial charge < -0.3 is 5.32 Å². The number of benzene rings is 3. The zero-order valence-electron chi connectivity index (χ0n) is 12.1. The third-order valence-electron chi connectivity index (χ3n) is 3.41. The third-order valence-corrected chi connectivity index (χ3v) is 4.50. The predicted octanol–water partition coefficient (Wildman–Crippen LogP) is 6.13. The largest absolute Gasteiger partial charge is 0.320 e. The number of rotatable bonds is 3. The van der Waals surface area contributed by atoms with Gasteiger partial charge in [-0.25, -0.2) is 0 Å². The van der Waals surface area contributed by atoms with Crippen LogP contribution in [0.2, 0.25) is 0 Å². The lowest BCUT2D eigenvalue weighted by Crippen LogP contribution is -2.13. The maximum Gasteiger partial charge on any atom is 0.255 e. The van der Waals surface area contributed by atoms with Crippen molar-refractivity contribution in [3.63, 3.8) is 0 Å². The van der Waals surface area contributed by atoms with Gasteiger partial charge in [0.2, 0.25) is 0 Å². The highest BCUT2D eigenvalue weighted by molar-refractivity contribution is 9.11. The zero-order valence-corrected chi connectivity index (χ0v) is 15.3. The molecule has 0 radical (unpaired) electrons. The molecule has 0 bridgehead atoms. The molecule has 0 saturated carbocycles. The van der Waals surface area contributed by atoms with E-state index in [1.165, 1.54) is 0 Å². The average molecular weight is 431 g/mol. The van der Waals surface area contributed by atoms with E-state index in [1.54, 1.807) is 12.1 Å². The normalized spacial score (nSPS) is 10.3. The maximum atomic E-state index is 12.5. The Bertz CT molecular complexity index is 833. The molecule has 0 aromatic heterocycles. The van der Waals surface area contributed by atoms with Crippen LogP contribution in [0, 0.1) is 0 Å². The number of nitrogens with one attached hydrogen (secondary N) is 1. The first-order valence-corrected chi connectivity index (χ1v) is 8.64. The van der Waals surface area contributed by atoms with Crippen molar-refractivity contribution in [2.75, 3.05) is 5.32 Å². The summed E-state index contributed by atoms with van der Waals surface area (Å²) >= 11 is 7.06. The molecule has 1 amide bonds. The standard InChI is InChI=1S/C19H13Br2NO/c20-15-11-16(13-7-3-1-4-8-13)18(17(21)12-15)22-19(23)14-9-5-2-6-10-14/h1-12H,(H,22,23). The minimum Gasteiger partial charge on any atom is -0.320 e. The molecule has 2 nitrogen and oxygen atoms in total. The summed E-state index contributed by atoms with van der Waals surface area (Å²) in [4.78, 5) is 12.5. The van der Waals surface area contributed by atoms with Crippen LogP contribution in [0.3, 0.4) is 0 Å². The van der Waals surface area contributed by atoms with Gasteiger partial charge in [0.05, 0.1) is 5.69 Å². The number of amides is 1. The average Bonchev–Trinajstić information content (AvgIpc) is 2.58. The van der Waals surface area contributed by atoms with Gasteiger partial charge in [-0.05, 0) is 45.8 Å². The van der Waals surface area contributed by atoms with Gasteiger partial charge in [-0.15, -0.1) is 0 Å². The lowest BCUT2D eigenvalue weighted by Gasteiger charge is -2.14. The van der Waals surface area contributed by atoms with Gasteiger partial charge in [0.15, 0.2) is 0 Å². The summed E-state index contributed by atoms with van der Waals surface area (Å²) in [5.74, 6) is -0.134. The van der Waals surface area contributed by atoms with Crippen LogP contribution in [0.1, 0.15) is 10.4 Å². The number of carbonyl (C=O) groups excluding carboxylic acids is 1. The summed E-state index contributed by atoms with van der Waals surface area (Å²) < 4.78 is 1.77. The van der Waals surface area contributed by atoms with Crippen LogP contribution in [-0.2, 0) is 0 Å². The molecule has 1 N–H and O–H groups in total. The van der Waals surface area contributed by atoms with Gasteiger partial charge >= 0.3 is 0 Å². The van der Waals surface area contributed by atoms with Crippen LogP contribution in [-0.4, -0.2) is 5.91 Å². The summed E-state index contributed by atoms with van der Waals surface area (Å²) in [5.41, 5.74) is 3.38. The maximum absolute atomic E-state index is 12.5. The van der Waals surface area contributed by atoms with E-state index in [0.717, 1.165) is 25.8 Å². The SMILES string of the molecule is O=C(Nc1c(Br)cc(Br)cc1-c1ccccc1)c1ccccc1. The van der Waals surface area contributed by atoms with Crippen molar-refractivity contribution >= 4 is 43.5 Å². The summed E-state index contributed by atoms with van der Waals surface area (Å²) in [6.45, 7) is 0. The lowest BCUT2D eigenvalue weighted by atomic mass is 10.0. The first-order valence-electron chi connectivity index (χ1n) is 7.06. The Morgan fingerprint density at radius 2 is 1.43 bits per heavy atom. The number of hydrogen-bond donors (Lipinski definition) is 1. The number of carbonyl (C=O) groups is 1. The topological polar surface area (TPSA) is 29.1 Å². The van der Waals surface area contributed by atoms with E-state index in [4.69, 9.17) is 0 Å². The Hall–Kier alpha value is -1.91. The van der Waals surface area contributed by atoms with Crippen molar-refractivity contribution in [2.45, 2.75) is 0 Å².